The summed E-state index contributed by atoms with van der Waals surface area (Å²) < 4.78 is 62.2. The first-order valence-corrected chi connectivity index (χ1v) is 19.1. The molecule has 1 aliphatic rings. The molecule has 11 heteroatoms. The van der Waals surface area contributed by atoms with Gasteiger partial charge in [-0.3, -0.25) is 4.18 Å². The molecule has 1 N–H and O–H groups in total. The molecule has 1 heterocycles. The summed E-state index contributed by atoms with van der Waals surface area (Å²) in [5.74, 6) is 0.814. The summed E-state index contributed by atoms with van der Waals surface area (Å²) in [6.45, 7) is 8.93. The predicted molar refractivity (Wildman–Crippen MR) is 190 cm³/mol. The van der Waals surface area contributed by atoms with E-state index < -0.39 is 40.6 Å². The third-order valence-electron chi connectivity index (χ3n) is 8.40. The fraction of sp³-hybridized carbons (Fsp3) is 0.526. The Morgan fingerprint density at radius 3 is 2.08 bits per heavy atom. The maximum atomic E-state index is 12.8. The molecular weight excluding hydrogens is 668 g/mol. The van der Waals surface area contributed by atoms with Crippen molar-refractivity contribution in [2.75, 3.05) is 39.6 Å². The third-order valence-corrected chi connectivity index (χ3v) is 10.1. The van der Waals surface area contributed by atoms with Crippen LogP contribution < -0.4 is 4.74 Å². The second kappa shape index (κ2) is 19.7. The lowest BCUT2D eigenvalue weighted by Gasteiger charge is -2.46. The molecule has 0 aromatic heterocycles. The fourth-order valence-corrected chi connectivity index (χ4v) is 6.81. The monoisotopic (exact) mass is 718 g/mol. The zero-order valence-corrected chi connectivity index (χ0v) is 30.6. The average molecular weight is 719 g/mol. The van der Waals surface area contributed by atoms with Crippen LogP contribution in [0.5, 0.6) is 5.75 Å². The second-order valence-electron chi connectivity index (χ2n) is 12.2. The van der Waals surface area contributed by atoms with E-state index in [2.05, 4.69) is 13.8 Å². The van der Waals surface area contributed by atoms with Crippen molar-refractivity contribution >= 4 is 21.7 Å². The second-order valence-corrected chi connectivity index (χ2v) is 14.2. The lowest BCUT2D eigenvalue weighted by atomic mass is 9.89. The summed E-state index contributed by atoms with van der Waals surface area (Å²) in [6.07, 6.45) is 0.844. The Morgan fingerprint density at radius 2 is 1.45 bits per heavy atom. The van der Waals surface area contributed by atoms with Gasteiger partial charge in [-0.05, 0) is 80.1 Å². The molecule has 1 saturated heterocycles. The first-order chi connectivity index (χ1) is 23.7. The largest absolute Gasteiger partial charge is 0.494 e. The number of hydrogen-bond acceptors (Lipinski definition) is 9. The summed E-state index contributed by atoms with van der Waals surface area (Å²) in [7, 11) is -3.97. The molecule has 1 aliphatic heterocycles. The molecule has 0 saturated carbocycles. The summed E-state index contributed by atoms with van der Waals surface area (Å²) in [4.78, 5) is 0.0743. The minimum atomic E-state index is -3.97. The van der Waals surface area contributed by atoms with Crippen molar-refractivity contribution in [2.45, 2.75) is 95.2 Å². The van der Waals surface area contributed by atoms with E-state index in [9.17, 15) is 13.5 Å². The predicted octanol–water partition coefficient (Wildman–Crippen LogP) is 7.23. The van der Waals surface area contributed by atoms with Gasteiger partial charge >= 0.3 is 0 Å². The number of halogens is 1. The lowest BCUT2D eigenvalue weighted by molar-refractivity contribution is -0.266. The fourth-order valence-electron chi connectivity index (χ4n) is 5.73. The Labute approximate surface area is 296 Å². The van der Waals surface area contributed by atoms with Gasteiger partial charge in [-0.15, -0.1) is 0 Å². The molecule has 0 aliphatic carbocycles. The van der Waals surface area contributed by atoms with Crippen LogP contribution in [-0.4, -0.2) is 77.6 Å². The van der Waals surface area contributed by atoms with Gasteiger partial charge in [-0.1, -0.05) is 80.3 Å². The van der Waals surface area contributed by atoms with Gasteiger partial charge in [0, 0.05) is 18.2 Å². The minimum absolute atomic E-state index is 0.0667. The van der Waals surface area contributed by atoms with Crippen molar-refractivity contribution in [1.82, 2.24) is 0 Å². The standard InChI is InChI=1S/C38H51ClO9S/c1-5-8-20-44-37-35(29-14-19-33(39)30(25-29)24-28-12-15-31(16-13-28)43-7-3)48-34(26-40)36(38(37)45-21-9-6-2)46-22-23-47-49(41,42)32-17-10-27(4)11-18-32/h10-19,25,34-38,40H,5-9,20-24,26H2,1-4H3/t34-,35+,36-,37+,38+/m1/s1. The molecule has 1 fully saturated rings. The Kier molecular flexibility index (Phi) is 15.8. The number of rotatable bonds is 20. The number of ether oxygens (including phenoxy) is 5. The van der Waals surface area contributed by atoms with Gasteiger partial charge < -0.3 is 28.8 Å². The van der Waals surface area contributed by atoms with Gasteiger partial charge in [0.1, 0.15) is 36.3 Å². The topological polar surface area (TPSA) is 110 Å². The smallest absolute Gasteiger partial charge is 0.297 e. The van der Waals surface area contributed by atoms with Crippen LogP contribution >= 0.6 is 11.6 Å². The van der Waals surface area contributed by atoms with Gasteiger partial charge in [-0.2, -0.15) is 8.42 Å². The highest BCUT2D eigenvalue weighted by Gasteiger charge is 2.48. The van der Waals surface area contributed by atoms with Gasteiger partial charge in [0.15, 0.2) is 0 Å². The number of aliphatic hydroxyl groups excluding tert-OH is 1. The number of aryl methyl sites for hydroxylation is 1. The normalized spacial score (nSPS) is 21.1. The zero-order chi connectivity index (χ0) is 35.2. The first kappa shape index (κ1) is 39.2. The Morgan fingerprint density at radius 1 is 0.796 bits per heavy atom. The highest BCUT2D eigenvalue weighted by atomic mass is 35.5. The van der Waals surface area contributed by atoms with E-state index >= 15 is 0 Å². The molecule has 0 bridgehead atoms. The Bertz CT molecular complexity index is 1520. The van der Waals surface area contributed by atoms with Crippen LogP contribution in [0.25, 0.3) is 0 Å². The lowest BCUT2D eigenvalue weighted by Crippen LogP contribution is -2.58. The summed E-state index contributed by atoms with van der Waals surface area (Å²) in [5, 5.41) is 11.2. The maximum absolute atomic E-state index is 12.8. The van der Waals surface area contributed by atoms with Gasteiger partial charge in [0.05, 0.1) is 31.3 Å². The van der Waals surface area contributed by atoms with Crippen molar-refractivity contribution in [2.24, 2.45) is 0 Å². The van der Waals surface area contributed by atoms with Crippen LogP contribution in [0, 0.1) is 6.92 Å². The molecule has 9 nitrogen and oxygen atoms in total. The summed E-state index contributed by atoms with van der Waals surface area (Å²) in [6, 6.07) is 20.2. The van der Waals surface area contributed by atoms with Crippen molar-refractivity contribution < 1.29 is 41.4 Å². The number of hydrogen-bond donors (Lipinski definition) is 1. The molecule has 3 aromatic carbocycles. The molecule has 0 spiro atoms. The Balaban J connectivity index is 1.57. The number of benzene rings is 3. The van der Waals surface area contributed by atoms with Gasteiger partial charge in [-0.25, -0.2) is 0 Å². The SMILES string of the molecule is CCCCO[C@@H]1[C@@H](OCCCC)[C@H](c2ccc(Cl)c(Cc3ccc(OCC)cc3)c2)O[C@H](CO)[C@H]1OCCOS(=O)(=O)c1ccc(C)cc1. The zero-order valence-electron chi connectivity index (χ0n) is 29.0. The van der Waals surface area contributed by atoms with E-state index in [0.29, 0.717) is 31.3 Å². The maximum Gasteiger partial charge on any atom is 0.297 e. The van der Waals surface area contributed by atoms with Crippen molar-refractivity contribution in [3.8, 4) is 5.75 Å². The molecule has 0 radical (unpaired) electrons. The van der Waals surface area contributed by atoms with Crippen LogP contribution in [0.2, 0.25) is 5.02 Å². The highest BCUT2D eigenvalue weighted by molar-refractivity contribution is 7.86. The summed E-state index contributed by atoms with van der Waals surface area (Å²) >= 11 is 6.71. The molecule has 5 atom stereocenters. The van der Waals surface area contributed by atoms with E-state index in [1.807, 2.05) is 56.3 Å². The quantitative estimate of drug-likeness (QED) is 0.0956. The van der Waals surface area contributed by atoms with Crippen LogP contribution in [0.1, 0.15) is 74.8 Å². The molecule has 0 unspecified atom stereocenters. The van der Waals surface area contributed by atoms with Crippen LogP contribution in [0.4, 0.5) is 0 Å². The summed E-state index contributed by atoms with van der Waals surface area (Å²) in [5.41, 5.74) is 3.80. The van der Waals surface area contributed by atoms with Crippen LogP contribution in [0.15, 0.2) is 71.6 Å². The van der Waals surface area contributed by atoms with Crippen LogP contribution in [0.3, 0.4) is 0 Å². The van der Waals surface area contributed by atoms with E-state index in [4.69, 9.17) is 39.5 Å². The van der Waals surface area contributed by atoms with E-state index in [-0.39, 0.29) is 24.7 Å². The molecule has 49 heavy (non-hydrogen) atoms. The number of unbranched alkanes of at least 4 members (excludes halogenated alkanes) is 2. The molecular formula is C38H51ClO9S. The first-order valence-electron chi connectivity index (χ1n) is 17.3. The molecule has 3 aromatic rings. The van der Waals surface area contributed by atoms with Gasteiger partial charge in [0.2, 0.25) is 0 Å². The van der Waals surface area contributed by atoms with Crippen molar-refractivity contribution in [3.05, 3.63) is 94.0 Å². The van der Waals surface area contributed by atoms with Crippen LogP contribution in [-0.2, 0) is 39.7 Å². The number of aliphatic hydroxyl groups is 1. The Hall–Kier alpha value is -2.54. The third kappa shape index (κ3) is 11.2. The average Bonchev–Trinajstić information content (AvgIpc) is 3.09. The van der Waals surface area contributed by atoms with Crippen molar-refractivity contribution in [1.29, 1.82) is 0 Å². The van der Waals surface area contributed by atoms with Gasteiger partial charge in [0.25, 0.3) is 10.1 Å². The minimum Gasteiger partial charge on any atom is -0.494 e. The molecule has 0 amide bonds. The molecule has 4 rings (SSSR count). The van der Waals surface area contributed by atoms with E-state index in [1.54, 1.807) is 12.1 Å². The molecule has 270 valence electrons. The highest BCUT2D eigenvalue weighted by Crippen LogP contribution is 2.39. The van der Waals surface area contributed by atoms with E-state index in [0.717, 1.165) is 53.7 Å². The van der Waals surface area contributed by atoms with E-state index in [1.165, 1.54) is 12.1 Å². The van der Waals surface area contributed by atoms with Crippen molar-refractivity contribution in [3.63, 3.8) is 0 Å².